The molecule has 2 aromatic carbocycles. The van der Waals surface area contributed by atoms with Crippen LogP contribution in [-0.4, -0.2) is 24.9 Å². The van der Waals surface area contributed by atoms with E-state index in [2.05, 4.69) is 33.8 Å². The minimum Gasteiger partial charge on any atom is -0.508 e. The molecule has 2 aliphatic rings. The molecule has 0 saturated carbocycles. The van der Waals surface area contributed by atoms with Crippen molar-refractivity contribution in [1.82, 2.24) is 0 Å². The Morgan fingerprint density at radius 1 is 1.10 bits per heavy atom. The van der Waals surface area contributed by atoms with Crippen molar-refractivity contribution in [3.05, 3.63) is 58.2 Å². The van der Waals surface area contributed by atoms with Crippen LogP contribution in [0.1, 0.15) is 55.9 Å². The number of allylic oxidation sites excluding steroid dienone is 2. The van der Waals surface area contributed by atoms with Gasteiger partial charge in [-0.1, -0.05) is 17.7 Å². The second-order valence-corrected chi connectivity index (χ2v) is 9.25. The quantitative estimate of drug-likeness (QED) is 0.670. The van der Waals surface area contributed by atoms with E-state index in [1.165, 1.54) is 27.8 Å². The molecule has 0 aromatic heterocycles. The normalized spacial score (nSPS) is 20.9. The van der Waals surface area contributed by atoms with Gasteiger partial charge in [-0.2, -0.15) is 0 Å². The van der Waals surface area contributed by atoms with E-state index in [1.54, 1.807) is 26.4 Å². The highest BCUT2D eigenvalue weighted by atomic mass is 16.5. The molecule has 2 atom stereocenters. The third kappa shape index (κ3) is 3.42. The first-order chi connectivity index (χ1) is 14.2. The number of ether oxygens (including phenoxy) is 3. The fourth-order valence-electron chi connectivity index (χ4n) is 5.20. The van der Waals surface area contributed by atoms with E-state index in [4.69, 9.17) is 14.2 Å². The zero-order chi connectivity index (χ0) is 21.6. The molecule has 0 saturated heterocycles. The lowest BCUT2D eigenvalue weighted by Crippen LogP contribution is -2.48. The summed E-state index contributed by atoms with van der Waals surface area (Å²) >= 11 is 0. The van der Waals surface area contributed by atoms with Crippen molar-refractivity contribution in [2.24, 2.45) is 5.92 Å². The maximum atomic E-state index is 9.97. The average molecular weight is 409 g/mol. The number of hydrogen-bond donors (Lipinski definition) is 1. The Kier molecular flexibility index (Phi) is 5.21. The lowest BCUT2D eigenvalue weighted by molar-refractivity contribution is 0.00614. The number of phenols is 1. The van der Waals surface area contributed by atoms with Crippen LogP contribution in [0.25, 0.3) is 0 Å². The molecular weight excluding hydrogens is 376 g/mol. The topological polar surface area (TPSA) is 47.9 Å². The zero-order valence-electron chi connectivity index (χ0n) is 18.8. The minimum atomic E-state index is -0.340. The van der Waals surface area contributed by atoms with Crippen LogP contribution in [-0.2, 0) is 19.3 Å². The molecule has 160 valence electrons. The lowest BCUT2D eigenvalue weighted by atomic mass is 9.64. The second-order valence-electron chi connectivity index (χ2n) is 9.25. The summed E-state index contributed by atoms with van der Waals surface area (Å²) in [5, 5.41) is 9.97. The van der Waals surface area contributed by atoms with Gasteiger partial charge in [-0.15, -0.1) is 0 Å². The van der Waals surface area contributed by atoms with Gasteiger partial charge in [0.25, 0.3) is 0 Å². The molecule has 0 fully saturated rings. The second kappa shape index (κ2) is 7.57. The summed E-state index contributed by atoms with van der Waals surface area (Å²) < 4.78 is 18.0. The fraction of sp³-hybridized carbons (Fsp3) is 0.462. The molecule has 0 radical (unpaired) electrons. The van der Waals surface area contributed by atoms with Gasteiger partial charge in [0.05, 0.1) is 14.2 Å². The lowest BCUT2D eigenvalue weighted by Gasteiger charge is -2.48. The van der Waals surface area contributed by atoms with Gasteiger partial charge >= 0.3 is 0 Å². The molecule has 0 amide bonds. The Labute approximate surface area is 179 Å². The van der Waals surface area contributed by atoms with Crippen LogP contribution in [0.2, 0.25) is 0 Å². The number of phenolic OH excluding ortho intramolecular Hbond substituents is 1. The summed E-state index contributed by atoms with van der Waals surface area (Å²) in [7, 11) is 3.46. The van der Waals surface area contributed by atoms with Crippen LogP contribution in [0.15, 0.2) is 35.9 Å². The largest absolute Gasteiger partial charge is 0.508 e. The van der Waals surface area contributed by atoms with E-state index in [-0.39, 0.29) is 11.4 Å². The summed E-state index contributed by atoms with van der Waals surface area (Å²) in [5.74, 6) is 3.46. The Morgan fingerprint density at radius 3 is 2.50 bits per heavy atom. The number of benzene rings is 2. The third-order valence-corrected chi connectivity index (χ3v) is 6.74. The molecule has 30 heavy (non-hydrogen) atoms. The Bertz CT molecular complexity index is 999. The van der Waals surface area contributed by atoms with E-state index in [9.17, 15) is 5.11 Å². The highest BCUT2D eigenvalue weighted by Gasteiger charge is 2.47. The van der Waals surface area contributed by atoms with Crippen LogP contribution in [0.3, 0.4) is 0 Å². The molecule has 2 aromatic rings. The highest BCUT2D eigenvalue weighted by Crippen LogP contribution is 2.53. The Balaban J connectivity index is 1.88. The van der Waals surface area contributed by atoms with Gasteiger partial charge in [-0.05, 0) is 75.6 Å². The van der Waals surface area contributed by atoms with Crippen molar-refractivity contribution < 1.29 is 19.3 Å². The molecule has 1 heterocycles. The predicted octanol–water partition coefficient (Wildman–Crippen LogP) is 5.59. The highest BCUT2D eigenvalue weighted by molar-refractivity contribution is 5.57. The minimum absolute atomic E-state index is 0.241. The smallest absolute Gasteiger partial charge is 0.127 e. The SMILES string of the molecule is COc1cc(OC)c2c(c1CC=C(C)C)C[C@@H]1[C@H](C2)c2ccc(O)cc2OC1(C)C. The first-order valence-electron chi connectivity index (χ1n) is 10.7. The Morgan fingerprint density at radius 2 is 1.83 bits per heavy atom. The number of hydrogen-bond acceptors (Lipinski definition) is 4. The van der Waals surface area contributed by atoms with E-state index < -0.39 is 0 Å². The van der Waals surface area contributed by atoms with E-state index >= 15 is 0 Å². The van der Waals surface area contributed by atoms with Crippen LogP contribution in [0, 0.1) is 5.92 Å². The number of aromatic hydroxyl groups is 1. The van der Waals surface area contributed by atoms with Gasteiger partial charge in [0.2, 0.25) is 0 Å². The summed E-state index contributed by atoms with van der Waals surface area (Å²) in [6.45, 7) is 8.58. The maximum absolute atomic E-state index is 9.97. The molecule has 0 spiro atoms. The van der Waals surface area contributed by atoms with Crippen molar-refractivity contribution in [2.45, 2.75) is 58.5 Å². The molecular formula is C26H32O4. The molecule has 4 heteroatoms. The average Bonchev–Trinajstić information content (AvgIpc) is 2.69. The molecule has 1 aliphatic carbocycles. The maximum Gasteiger partial charge on any atom is 0.127 e. The van der Waals surface area contributed by atoms with Crippen molar-refractivity contribution in [2.75, 3.05) is 14.2 Å². The first kappa shape index (κ1) is 20.6. The molecule has 4 nitrogen and oxygen atoms in total. The summed E-state index contributed by atoms with van der Waals surface area (Å²) in [6, 6.07) is 7.56. The molecule has 1 N–H and O–H groups in total. The molecule has 4 rings (SSSR count). The van der Waals surface area contributed by atoms with Crippen LogP contribution in [0.4, 0.5) is 0 Å². The molecule has 0 bridgehead atoms. The number of rotatable bonds is 4. The molecule has 0 unspecified atom stereocenters. The first-order valence-corrected chi connectivity index (χ1v) is 10.7. The monoisotopic (exact) mass is 408 g/mol. The fourth-order valence-corrected chi connectivity index (χ4v) is 5.20. The summed E-state index contributed by atoms with van der Waals surface area (Å²) in [6.07, 6.45) is 4.91. The Hall–Kier alpha value is -2.62. The van der Waals surface area contributed by atoms with E-state index in [1.807, 2.05) is 12.1 Å². The van der Waals surface area contributed by atoms with Gasteiger partial charge in [0, 0.05) is 23.6 Å². The standard InChI is InChI=1S/C26H32O4/c1-15(2)7-9-17-19-13-22-20(12-21(19)24(29-6)14-23(17)28-5)18-10-8-16(27)11-25(18)30-26(22,3)4/h7-8,10-11,14,20,22,27H,9,12-13H2,1-6H3/t20-,22-/m1/s1. The van der Waals surface area contributed by atoms with Gasteiger partial charge in [-0.25, -0.2) is 0 Å². The van der Waals surface area contributed by atoms with Crippen molar-refractivity contribution >= 4 is 0 Å². The van der Waals surface area contributed by atoms with E-state index in [0.717, 1.165) is 36.5 Å². The van der Waals surface area contributed by atoms with Crippen molar-refractivity contribution in [3.8, 4) is 23.0 Å². The van der Waals surface area contributed by atoms with Crippen LogP contribution < -0.4 is 14.2 Å². The van der Waals surface area contributed by atoms with Gasteiger partial charge < -0.3 is 19.3 Å². The van der Waals surface area contributed by atoms with E-state index in [0.29, 0.717) is 11.8 Å². The van der Waals surface area contributed by atoms with Gasteiger partial charge in [0.15, 0.2) is 0 Å². The van der Waals surface area contributed by atoms with Crippen molar-refractivity contribution in [3.63, 3.8) is 0 Å². The molecule has 1 aliphatic heterocycles. The van der Waals surface area contributed by atoms with Gasteiger partial charge in [0.1, 0.15) is 28.6 Å². The summed E-state index contributed by atoms with van der Waals surface area (Å²) in [4.78, 5) is 0. The van der Waals surface area contributed by atoms with Crippen molar-refractivity contribution in [1.29, 1.82) is 0 Å². The number of fused-ring (bicyclic) bond motifs is 4. The number of methoxy groups -OCH3 is 2. The van der Waals surface area contributed by atoms with Crippen LogP contribution in [0.5, 0.6) is 23.0 Å². The zero-order valence-corrected chi connectivity index (χ0v) is 18.8. The van der Waals surface area contributed by atoms with Crippen LogP contribution >= 0.6 is 0 Å². The van der Waals surface area contributed by atoms with Gasteiger partial charge in [-0.3, -0.25) is 0 Å². The third-order valence-electron chi connectivity index (χ3n) is 6.74. The predicted molar refractivity (Wildman–Crippen MR) is 119 cm³/mol. The summed E-state index contributed by atoms with van der Waals surface area (Å²) in [5.41, 5.74) is 5.99.